The standard InChI is InChI=1S/C36H52O2/c1-3-5-7-9-11-13-15-17-19-31-21-25-33(26-22-31)35(37)29-30-36(38)34-27-23-32(24-28-34)20-18-16-14-12-10-8-6-4-2/h21-30H,3-20H2,1-2H3. The third-order valence-corrected chi connectivity index (χ3v) is 7.50. The van der Waals surface area contributed by atoms with Crippen molar-refractivity contribution in [1.82, 2.24) is 0 Å². The maximum atomic E-state index is 12.6. The van der Waals surface area contributed by atoms with Gasteiger partial charge in [-0.3, -0.25) is 9.59 Å². The Bertz CT molecular complexity index is 843. The summed E-state index contributed by atoms with van der Waals surface area (Å²) in [7, 11) is 0. The fourth-order valence-corrected chi connectivity index (χ4v) is 4.94. The quantitative estimate of drug-likeness (QED) is 0.0886. The van der Waals surface area contributed by atoms with Crippen LogP contribution in [0.3, 0.4) is 0 Å². The van der Waals surface area contributed by atoms with Crippen LogP contribution in [0.5, 0.6) is 0 Å². The number of carbonyl (C=O) groups excluding carboxylic acids is 2. The van der Waals surface area contributed by atoms with E-state index in [1.165, 1.54) is 126 Å². The molecule has 2 nitrogen and oxygen atoms in total. The first kappa shape index (κ1) is 31.7. The minimum Gasteiger partial charge on any atom is -0.289 e. The highest BCUT2D eigenvalue weighted by Crippen LogP contribution is 2.15. The van der Waals surface area contributed by atoms with Crippen molar-refractivity contribution in [3.8, 4) is 0 Å². The molecule has 2 rings (SSSR count). The zero-order valence-electron chi connectivity index (χ0n) is 24.3. The predicted molar refractivity (Wildman–Crippen MR) is 163 cm³/mol. The van der Waals surface area contributed by atoms with Crippen LogP contribution >= 0.6 is 0 Å². The van der Waals surface area contributed by atoms with Crippen LogP contribution in [-0.2, 0) is 12.8 Å². The lowest BCUT2D eigenvalue weighted by atomic mass is 10.0. The fraction of sp³-hybridized carbons (Fsp3) is 0.556. The third-order valence-electron chi connectivity index (χ3n) is 7.50. The molecule has 38 heavy (non-hydrogen) atoms. The van der Waals surface area contributed by atoms with E-state index in [0.717, 1.165) is 12.8 Å². The summed E-state index contributed by atoms with van der Waals surface area (Å²) in [5.74, 6) is -0.244. The van der Waals surface area contributed by atoms with Crippen molar-refractivity contribution in [3.63, 3.8) is 0 Å². The van der Waals surface area contributed by atoms with Gasteiger partial charge in [-0.15, -0.1) is 0 Å². The second kappa shape index (κ2) is 20.5. The van der Waals surface area contributed by atoms with Gasteiger partial charge < -0.3 is 0 Å². The Morgan fingerprint density at radius 2 is 0.737 bits per heavy atom. The molecular formula is C36H52O2. The molecule has 0 fully saturated rings. The van der Waals surface area contributed by atoms with Gasteiger partial charge in [0.2, 0.25) is 0 Å². The molecule has 0 radical (unpaired) electrons. The van der Waals surface area contributed by atoms with Crippen molar-refractivity contribution in [3.05, 3.63) is 82.9 Å². The van der Waals surface area contributed by atoms with E-state index in [9.17, 15) is 9.59 Å². The molecule has 208 valence electrons. The van der Waals surface area contributed by atoms with Gasteiger partial charge in [0.1, 0.15) is 0 Å². The van der Waals surface area contributed by atoms with Crippen molar-refractivity contribution in [1.29, 1.82) is 0 Å². The molecule has 0 amide bonds. The van der Waals surface area contributed by atoms with Gasteiger partial charge >= 0.3 is 0 Å². The van der Waals surface area contributed by atoms with Crippen molar-refractivity contribution in [2.45, 2.75) is 129 Å². The van der Waals surface area contributed by atoms with Crippen LogP contribution in [0.15, 0.2) is 60.7 Å². The minimum absolute atomic E-state index is 0.122. The molecule has 0 aliphatic rings. The molecule has 0 aromatic heterocycles. The second-order valence-corrected chi connectivity index (χ2v) is 10.9. The van der Waals surface area contributed by atoms with Gasteiger partial charge in [-0.2, -0.15) is 0 Å². The Morgan fingerprint density at radius 1 is 0.447 bits per heavy atom. The Labute approximate surface area is 233 Å². The number of aryl methyl sites for hydroxylation is 2. The molecule has 0 spiro atoms. The number of hydrogen-bond acceptors (Lipinski definition) is 2. The van der Waals surface area contributed by atoms with Crippen LogP contribution in [0.4, 0.5) is 0 Å². The van der Waals surface area contributed by atoms with E-state index in [0.29, 0.717) is 11.1 Å². The number of unbranched alkanes of at least 4 members (excludes halogenated alkanes) is 14. The summed E-state index contributed by atoms with van der Waals surface area (Å²) in [6, 6.07) is 15.7. The molecular weight excluding hydrogens is 464 g/mol. The normalized spacial score (nSPS) is 11.3. The molecule has 2 aromatic rings. The Hall–Kier alpha value is -2.48. The molecule has 2 aromatic carbocycles. The molecule has 0 atom stereocenters. The number of ketones is 2. The average molecular weight is 517 g/mol. The first-order valence-corrected chi connectivity index (χ1v) is 15.6. The smallest absolute Gasteiger partial charge is 0.185 e. The van der Waals surface area contributed by atoms with Gasteiger partial charge in [-0.25, -0.2) is 0 Å². The Morgan fingerprint density at radius 3 is 1.05 bits per heavy atom. The van der Waals surface area contributed by atoms with E-state index in [4.69, 9.17) is 0 Å². The van der Waals surface area contributed by atoms with Crippen molar-refractivity contribution in [2.75, 3.05) is 0 Å². The van der Waals surface area contributed by atoms with Gasteiger partial charge in [0.25, 0.3) is 0 Å². The number of rotatable bonds is 22. The number of benzene rings is 2. The fourth-order valence-electron chi connectivity index (χ4n) is 4.94. The topological polar surface area (TPSA) is 34.1 Å². The minimum atomic E-state index is -0.122. The lowest BCUT2D eigenvalue weighted by molar-refractivity contribution is 0.102. The highest BCUT2D eigenvalue weighted by Gasteiger charge is 2.06. The zero-order chi connectivity index (χ0) is 27.3. The van der Waals surface area contributed by atoms with Crippen LogP contribution in [0.25, 0.3) is 0 Å². The van der Waals surface area contributed by atoms with E-state index >= 15 is 0 Å². The van der Waals surface area contributed by atoms with Gasteiger partial charge in [0, 0.05) is 11.1 Å². The molecule has 0 N–H and O–H groups in total. The average Bonchev–Trinajstić information content (AvgIpc) is 2.95. The molecule has 0 saturated carbocycles. The first-order valence-electron chi connectivity index (χ1n) is 15.6. The van der Waals surface area contributed by atoms with E-state index in [1.807, 2.05) is 24.3 Å². The molecule has 0 bridgehead atoms. The molecule has 0 aliphatic heterocycles. The molecule has 0 saturated heterocycles. The summed E-state index contributed by atoms with van der Waals surface area (Å²) in [5.41, 5.74) is 3.82. The van der Waals surface area contributed by atoms with Crippen molar-refractivity contribution >= 4 is 11.6 Å². The highest BCUT2D eigenvalue weighted by molar-refractivity contribution is 6.11. The SMILES string of the molecule is CCCCCCCCCCc1ccc(C(=O)C=CC(=O)c2ccc(CCCCCCCCCC)cc2)cc1. The summed E-state index contributed by atoms with van der Waals surface area (Å²) < 4.78 is 0. The van der Waals surface area contributed by atoms with Gasteiger partial charge in [0.05, 0.1) is 0 Å². The van der Waals surface area contributed by atoms with Gasteiger partial charge in [-0.05, 0) is 49.0 Å². The van der Waals surface area contributed by atoms with E-state index in [1.54, 1.807) is 0 Å². The summed E-state index contributed by atoms with van der Waals surface area (Å²) in [6.07, 6.45) is 26.0. The largest absolute Gasteiger partial charge is 0.289 e. The summed E-state index contributed by atoms with van der Waals surface area (Å²) in [5, 5.41) is 0. The second-order valence-electron chi connectivity index (χ2n) is 10.9. The Balaban J connectivity index is 1.66. The van der Waals surface area contributed by atoms with Crippen LogP contribution < -0.4 is 0 Å². The van der Waals surface area contributed by atoms with E-state index in [2.05, 4.69) is 38.1 Å². The first-order chi connectivity index (χ1) is 18.6. The summed E-state index contributed by atoms with van der Waals surface area (Å²) >= 11 is 0. The monoisotopic (exact) mass is 516 g/mol. The van der Waals surface area contributed by atoms with Crippen molar-refractivity contribution in [2.24, 2.45) is 0 Å². The van der Waals surface area contributed by atoms with E-state index in [-0.39, 0.29) is 11.6 Å². The molecule has 0 aliphatic carbocycles. The Kier molecular flexibility index (Phi) is 17.1. The maximum absolute atomic E-state index is 12.6. The third kappa shape index (κ3) is 13.9. The molecule has 0 heterocycles. The van der Waals surface area contributed by atoms with Crippen LogP contribution in [0.1, 0.15) is 148 Å². The van der Waals surface area contributed by atoms with Gasteiger partial charge in [0.15, 0.2) is 11.6 Å². The molecule has 2 heteroatoms. The zero-order valence-corrected chi connectivity index (χ0v) is 24.3. The highest BCUT2D eigenvalue weighted by atomic mass is 16.1. The number of carbonyl (C=O) groups is 2. The van der Waals surface area contributed by atoms with Crippen LogP contribution in [-0.4, -0.2) is 11.6 Å². The number of hydrogen-bond donors (Lipinski definition) is 0. The predicted octanol–water partition coefficient (Wildman–Crippen LogP) is 10.7. The van der Waals surface area contributed by atoms with Gasteiger partial charge in [-0.1, -0.05) is 152 Å². The van der Waals surface area contributed by atoms with E-state index < -0.39 is 0 Å². The lowest BCUT2D eigenvalue weighted by Crippen LogP contribution is -1.99. The lowest BCUT2D eigenvalue weighted by Gasteiger charge is -2.04. The number of allylic oxidation sites excluding steroid dienone is 2. The summed E-state index contributed by atoms with van der Waals surface area (Å²) in [4.78, 5) is 25.1. The molecule has 0 unspecified atom stereocenters. The van der Waals surface area contributed by atoms with Crippen molar-refractivity contribution < 1.29 is 9.59 Å². The maximum Gasteiger partial charge on any atom is 0.185 e. The summed E-state index contributed by atoms with van der Waals surface area (Å²) in [6.45, 7) is 4.51. The van der Waals surface area contributed by atoms with Crippen LogP contribution in [0.2, 0.25) is 0 Å². The van der Waals surface area contributed by atoms with Crippen LogP contribution in [0, 0.1) is 0 Å².